The van der Waals surface area contributed by atoms with Crippen LogP contribution in [0.25, 0.3) is 0 Å². The van der Waals surface area contributed by atoms with Gasteiger partial charge in [-0.25, -0.2) is 4.79 Å². The second-order valence-electron chi connectivity index (χ2n) is 6.02. The lowest BCUT2D eigenvalue weighted by Gasteiger charge is -2.21. The van der Waals surface area contributed by atoms with Gasteiger partial charge in [0.1, 0.15) is 0 Å². The van der Waals surface area contributed by atoms with Crippen LogP contribution in [0.1, 0.15) is 34.6 Å². The maximum absolute atomic E-state index is 11.7. The Hall–Kier alpha value is -1.97. The second kappa shape index (κ2) is 7.72. The van der Waals surface area contributed by atoms with Gasteiger partial charge in [0.05, 0.1) is 0 Å². The highest BCUT2D eigenvalue weighted by molar-refractivity contribution is 5.90. The van der Waals surface area contributed by atoms with E-state index in [0.29, 0.717) is 0 Å². The molecule has 2 amide bonds. The molecule has 0 aliphatic rings. The third-order valence-electron chi connectivity index (χ3n) is 3.05. The Morgan fingerprint density at radius 3 is 2.19 bits per heavy atom. The van der Waals surface area contributed by atoms with E-state index < -0.39 is 0 Å². The highest BCUT2D eigenvalue weighted by Gasteiger charge is 2.05. The van der Waals surface area contributed by atoms with Crippen LogP contribution < -0.4 is 15.5 Å². The van der Waals surface area contributed by atoms with Crippen LogP contribution >= 0.6 is 0 Å². The number of amides is 2. The molecule has 0 fully saturated rings. The molecule has 0 unspecified atom stereocenters. The van der Waals surface area contributed by atoms with Gasteiger partial charge in [-0.15, -0.1) is 0 Å². The number of anilines is 2. The number of nitrogens with one attached hydrogen (secondary N) is 2. The van der Waals surface area contributed by atoms with Crippen molar-refractivity contribution in [2.75, 3.05) is 23.3 Å². The molecule has 1 aromatic carbocycles. The summed E-state index contributed by atoms with van der Waals surface area (Å²) in [5, 5.41) is 5.52. The molecule has 0 atom stereocenters. The number of benzene rings is 1. The minimum absolute atomic E-state index is 0.0543. The van der Waals surface area contributed by atoms with E-state index in [1.807, 2.05) is 30.3 Å². The molecule has 0 aliphatic carbocycles. The Bertz CT molecular complexity index is 468. The third kappa shape index (κ3) is 6.34. The quantitative estimate of drug-likeness (QED) is 0.852. The maximum Gasteiger partial charge on any atom is 0.323 e. The summed E-state index contributed by atoms with van der Waals surface area (Å²) >= 11 is 0. The summed E-state index contributed by atoms with van der Waals surface area (Å²) < 4.78 is 0. The Kier molecular flexibility index (Phi) is 6.28. The zero-order chi connectivity index (χ0) is 15.9. The summed E-state index contributed by atoms with van der Waals surface area (Å²) in [5.41, 5.74) is 2.00. The van der Waals surface area contributed by atoms with E-state index >= 15 is 0 Å². The SMILES string of the molecule is CCN(CC)c1ccc(NC(=O)N/C=C/C(C)(C)C)cc1. The number of rotatable bonds is 5. The molecule has 1 rings (SSSR count). The van der Waals surface area contributed by atoms with Gasteiger partial charge in [-0.2, -0.15) is 0 Å². The number of nitrogens with zero attached hydrogens (tertiary/aromatic N) is 1. The summed E-state index contributed by atoms with van der Waals surface area (Å²) in [6.45, 7) is 12.4. The predicted molar refractivity (Wildman–Crippen MR) is 90.8 cm³/mol. The largest absolute Gasteiger partial charge is 0.372 e. The van der Waals surface area contributed by atoms with Crippen LogP contribution in [0.4, 0.5) is 16.2 Å². The molecule has 0 spiro atoms. The van der Waals surface area contributed by atoms with Crippen LogP contribution in [-0.4, -0.2) is 19.1 Å². The first-order chi connectivity index (χ1) is 9.85. The molecule has 0 aromatic heterocycles. The molecule has 4 heteroatoms. The lowest BCUT2D eigenvalue weighted by molar-refractivity contribution is 0.255. The number of urea groups is 1. The highest BCUT2D eigenvalue weighted by Crippen LogP contribution is 2.17. The summed E-state index contributed by atoms with van der Waals surface area (Å²) in [6.07, 6.45) is 3.63. The lowest BCUT2D eigenvalue weighted by Crippen LogP contribution is -2.24. The van der Waals surface area contributed by atoms with Crippen LogP contribution in [0.3, 0.4) is 0 Å². The summed E-state index contributed by atoms with van der Waals surface area (Å²) in [6, 6.07) is 7.65. The van der Waals surface area contributed by atoms with E-state index in [1.165, 1.54) is 5.69 Å². The Morgan fingerprint density at radius 1 is 1.14 bits per heavy atom. The molecule has 116 valence electrons. The number of carbonyl (C=O) groups is 1. The molecule has 0 heterocycles. The van der Waals surface area contributed by atoms with Gasteiger partial charge >= 0.3 is 6.03 Å². The number of hydrogen-bond acceptors (Lipinski definition) is 2. The van der Waals surface area contributed by atoms with Gasteiger partial charge in [0.25, 0.3) is 0 Å². The molecule has 0 aliphatic heterocycles. The van der Waals surface area contributed by atoms with Crippen molar-refractivity contribution in [1.29, 1.82) is 0 Å². The normalized spacial score (nSPS) is 11.5. The van der Waals surface area contributed by atoms with E-state index in [1.54, 1.807) is 6.20 Å². The molecular weight excluding hydrogens is 262 g/mol. The minimum Gasteiger partial charge on any atom is -0.372 e. The molecule has 0 bridgehead atoms. The maximum atomic E-state index is 11.7. The Labute approximate surface area is 128 Å². The van der Waals surface area contributed by atoms with E-state index in [-0.39, 0.29) is 11.4 Å². The summed E-state index contributed by atoms with van der Waals surface area (Å²) in [5.74, 6) is 0. The second-order valence-corrected chi connectivity index (χ2v) is 6.02. The molecule has 0 saturated carbocycles. The van der Waals surface area contributed by atoms with Gasteiger partial charge < -0.3 is 15.5 Å². The smallest absolute Gasteiger partial charge is 0.323 e. The first-order valence-corrected chi connectivity index (χ1v) is 7.46. The molecule has 21 heavy (non-hydrogen) atoms. The third-order valence-corrected chi connectivity index (χ3v) is 3.05. The van der Waals surface area contributed by atoms with E-state index in [0.717, 1.165) is 18.8 Å². The number of hydrogen-bond donors (Lipinski definition) is 2. The van der Waals surface area contributed by atoms with Crippen molar-refractivity contribution < 1.29 is 4.79 Å². The van der Waals surface area contributed by atoms with Crippen LogP contribution in [0, 0.1) is 5.41 Å². The molecule has 0 saturated heterocycles. The Morgan fingerprint density at radius 2 is 1.71 bits per heavy atom. The first-order valence-electron chi connectivity index (χ1n) is 7.46. The van der Waals surface area contributed by atoms with E-state index in [9.17, 15) is 4.79 Å². The van der Waals surface area contributed by atoms with Crippen molar-refractivity contribution in [2.45, 2.75) is 34.6 Å². The zero-order valence-corrected chi connectivity index (χ0v) is 13.7. The molecule has 1 aromatic rings. The van der Waals surface area contributed by atoms with Crippen molar-refractivity contribution in [1.82, 2.24) is 5.32 Å². The molecule has 2 N–H and O–H groups in total. The standard InChI is InChI=1S/C17H27N3O/c1-6-20(7-2)15-10-8-14(9-11-15)19-16(21)18-13-12-17(3,4)5/h8-13H,6-7H2,1-5H3,(H2,18,19,21)/b13-12+. The number of carbonyl (C=O) groups excluding carboxylic acids is 1. The lowest BCUT2D eigenvalue weighted by atomic mass is 9.97. The molecule has 0 radical (unpaired) electrons. The van der Waals surface area contributed by atoms with Crippen molar-refractivity contribution in [3.8, 4) is 0 Å². The topological polar surface area (TPSA) is 44.4 Å². The number of allylic oxidation sites excluding steroid dienone is 1. The summed E-state index contributed by atoms with van der Waals surface area (Å²) in [4.78, 5) is 14.0. The van der Waals surface area contributed by atoms with Crippen molar-refractivity contribution >= 4 is 17.4 Å². The van der Waals surface area contributed by atoms with Crippen LogP contribution in [0.5, 0.6) is 0 Å². The fourth-order valence-electron chi connectivity index (χ4n) is 1.88. The average molecular weight is 289 g/mol. The monoisotopic (exact) mass is 289 g/mol. The van der Waals surface area contributed by atoms with Crippen molar-refractivity contribution in [3.63, 3.8) is 0 Å². The van der Waals surface area contributed by atoms with Gasteiger partial charge in [0.15, 0.2) is 0 Å². The van der Waals surface area contributed by atoms with Crippen LogP contribution in [-0.2, 0) is 0 Å². The van der Waals surface area contributed by atoms with Gasteiger partial charge in [0, 0.05) is 30.7 Å². The van der Waals surface area contributed by atoms with Crippen molar-refractivity contribution in [2.24, 2.45) is 5.41 Å². The summed E-state index contributed by atoms with van der Waals surface area (Å²) in [7, 11) is 0. The van der Waals surface area contributed by atoms with Crippen LogP contribution in [0.2, 0.25) is 0 Å². The average Bonchev–Trinajstić information content (AvgIpc) is 2.40. The van der Waals surface area contributed by atoms with Gasteiger partial charge in [0.2, 0.25) is 0 Å². The fourth-order valence-corrected chi connectivity index (χ4v) is 1.88. The van der Waals surface area contributed by atoms with Gasteiger partial charge in [-0.3, -0.25) is 0 Å². The van der Waals surface area contributed by atoms with E-state index in [2.05, 4.69) is 50.2 Å². The predicted octanol–water partition coefficient (Wildman–Crippen LogP) is 4.21. The minimum atomic E-state index is -0.230. The van der Waals surface area contributed by atoms with Gasteiger partial charge in [-0.05, 0) is 43.5 Å². The van der Waals surface area contributed by atoms with Crippen molar-refractivity contribution in [3.05, 3.63) is 36.5 Å². The Balaban J connectivity index is 2.56. The van der Waals surface area contributed by atoms with Crippen LogP contribution in [0.15, 0.2) is 36.5 Å². The highest BCUT2D eigenvalue weighted by atomic mass is 16.2. The zero-order valence-electron chi connectivity index (χ0n) is 13.7. The fraction of sp³-hybridized carbons (Fsp3) is 0.471. The molecular formula is C17H27N3O. The molecule has 4 nitrogen and oxygen atoms in total. The van der Waals surface area contributed by atoms with E-state index in [4.69, 9.17) is 0 Å². The van der Waals surface area contributed by atoms with Gasteiger partial charge in [-0.1, -0.05) is 26.8 Å². The first kappa shape index (κ1) is 17.1.